The van der Waals surface area contributed by atoms with E-state index in [-0.39, 0.29) is 20.8 Å². The molecule has 1 atom stereocenters. The highest BCUT2D eigenvalue weighted by atomic mass is 35.5. The van der Waals surface area contributed by atoms with Crippen LogP contribution in [0.2, 0.25) is 10.0 Å². The molecule has 0 spiro atoms. The van der Waals surface area contributed by atoms with Gasteiger partial charge in [0.1, 0.15) is 4.90 Å². The zero-order chi connectivity index (χ0) is 16.2. The summed E-state index contributed by atoms with van der Waals surface area (Å²) in [5.74, 6) is -0.290. The molecule has 21 heavy (non-hydrogen) atoms. The fourth-order valence-corrected chi connectivity index (χ4v) is 3.80. The Morgan fingerprint density at radius 1 is 1.29 bits per heavy atom. The van der Waals surface area contributed by atoms with Gasteiger partial charge in [0.25, 0.3) is 0 Å². The maximum absolute atomic E-state index is 12.3. The Morgan fingerprint density at radius 2 is 1.86 bits per heavy atom. The van der Waals surface area contributed by atoms with Crippen LogP contribution in [0.4, 0.5) is 0 Å². The quantitative estimate of drug-likeness (QED) is 0.855. The molecule has 1 unspecified atom stereocenters. The first-order chi connectivity index (χ1) is 9.72. The van der Waals surface area contributed by atoms with Crippen molar-refractivity contribution in [2.24, 2.45) is 0 Å². The van der Waals surface area contributed by atoms with Crippen LogP contribution >= 0.6 is 23.2 Å². The lowest BCUT2D eigenvalue weighted by Crippen LogP contribution is -2.46. The minimum atomic E-state index is -3.92. The summed E-state index contributed by atoms with van der Waals surface area (Å²) in [7, 11) is -3.92. The summed E-state index contributed by atoms with van der Waals surface area (Å²) in [6.45, 7) is 6.18. The largest absolute Gasteiger partial charge is 0.342 e. The normalized spacial score (nSPS) is 13.0. The van der Waals surface area contributed by atoms with Crippen molar-refractivity contribution in [1.29, 1.82) is 0 Å². The number of halogens is 2. The third-order valence-electron chi connectivity index (χ3n) is 2.96. The van der Waals surface area contributed by atoms with E-state index in [4.69, 9.17) is 23.2 Å². The van der Waals surface area contributed by atoms with Crippen LogP contribution in [0.1, 0.15) is 20.8 Å². The molecule has 0 aliphatic carbocycles. The van der Waals surface area contributed by atoms with Gasteiger partial charge < -0.3 is 4.90 Å². The van der Waals surface area contributed by atoms with E-state index in [1.807, 2.05) is 13.8 Å². The Balaban J connectivity index is 3.00. The lowest BCUT2D eigenvalue weighted by Gasteiger charge is -2.23. The molecule has 1 aromatic rings. The van der Waals surface area contributed by atoms with Crippen LogP contribution in [0.15, 0.2) is 23.1 Å². The molecule has 0 saturated carbocycles. The van der Waals surface area contributed by atoms with E-state index >= 15 is 0 Å². The monoisotopic (exact) mass is 352 g/mol. The molecule has 0 aliphatic heterocycles. The average Bonchev–Trinajstić information content (AvgIpc) is 2.42. The number of hydrogen-bond donors (Lipinski definition) is 1. The summed E-state index contributed by atoms with van der Waals surface area (Å²) in [6.07, 6.45) is 0. The second-order valence-electron chi connectivity index (χ2n) is 4.43. The van der Waals surface area contributed by atoms with Crippen LogP contribution in [0.3, 0.4) is 0 Å². The van der Waals surface area contributed by atoms with Crippen LogP contribution in [0.25, 0.3) is 0 Å². The molecular weight excluding hydrogens is 335 g/mol. The maximum atomic E-state index is 12.3. The Bertz CT molecular complexity index is 616. The highest BCUT2D eigenvalue weighted by molar-refractivity contribution is 7.89. The van der Waals surface area contributed by atoms with Crippen molar-refractivity contribution in [3.63, 3.8) is 0 Å². The molecular formula is C13H18Cl2N2O3S. The Hall–Kier alpha value is -0.820. The minimum absolute atomic E-state index is 0.0504. The van der Waals surface area contributed by atoms with Gasteiger partial charge in [0.15, 0.2) is 0 Å². The van der Waals surface area contributed by atoms with E-state index in [9.17, 15) is 13.2 Å². The van der Waals surface area contributed by atoms with Gasteiger partial charge in [0.2, 0.25) is 15.9 Å². The van der Waals surface area contributed by atoms with Crippen LogP contribution < -0.4 is 4.72 Å². The van der Waals surface area contributed by atoms with Crippen molar-refractivity contribution in [3.05, 3.63) is 28.2 Å². The summed E-state index contributed by atoms with van der Waals surface area (Å²) < 4.78 is 26.9. The van der Waals surface area contributed by atoms with Gasteiger partial charge in [-0.3, -0.25) is 4.79 Å². The molecule has 0 bridgehead atoms. The molecule has 0 radical (unpaired) electrons. The first-order valence-corrected chi connectivity index (χ1v) is 8.73. The third-order valence-corrected chi connectivity index (χ3v) is 5.22. The number of carbonyl (C=O) groups excluding carboxylic acids is 1. The van der Waals surface area contributed by atoms with E-state index in [0.717, 1.165) is 0 Å². The highest BCUT2D eigenvalue weighted by Gasteiger charge is 2.26. The molecule has 8 heteroatoms. The molecule has 5 nitrogen and oxygen atoms in total. The molecule has 0 aromatic heterocycles. The standard InChI is InChI=1S/C13H18Cl2N2O3S/c1-4-17(5-2)13(18)9(3)16-21(19,20)12-8-10(14)6-7-11(12)15/h6-9,16H,4-5H2,1-3H3. The molecule has 0 fully saturated rings. The molecule has 1 aromatic carbocycles. The summed E-state index contributed by atoms with van der Waals surface area (Å²) in [5, 5.41) is 0.303. The van der Waals surface area contributed by atoms with Crippen molar-refractivity contribution in [2.75, 3.05) is 13.1 Å². The zero-order valence-electron chi connectivity index (χ0n) is 12.1. The van der Waals surface area contributed by atoms with Crippen LogP contribution in [-0.2, 0) is 14.8 Å². The summed E-state index contributed by atoms with van der Waals surface area (Å²) in [5.41, 5.74) is 0. The first kappa shape index (κ1) is 18.2. The predicted octanol–water partition coefficient (Wildman–Crippen LogP) is 2.53. The Morgan fingerprint density at radius 3 is 2.38 bits per heavy atom. The van der Waals surface area contributed by atoms with Gasteiger partial charge in [-0.1, -0.05) is 23.2 Å². The number of amides is 1. The van der Waals surface area contributed by atoms with Crippen molar-refractivity contribution in [3.8, 4) is 0 Å². The van der Waals surface area contributed by atoms with E-state index in [2.05, 4.69) is 4.72 Å². The second kappa shape index (κ2) is 7.45. The van der Waals surface area contributed by atoms with Crippen molar-refractivity contribution >= 4 is 39.1 Å². The van der Waals surface area contributed by atoms with Crippen LogP contribution in [0, 0.1) is 0 Å². The zero-order valence-corrected chi connectivity index (χ0v) is 14.4. The van der Waals surface area contributed by atoms with Gasteiger partial charge in [-0.15, -0.1) is 0 Å². The molecule has 1 N–H and O–H groups in total. The Labute approximate surface area is 135 Å². The Kier molecular flexibility index (Phi) is 6.46. The summed E-state index contributed by atoms with van der Waals surface area (Å²) in [4.78, 5) is 13.5. The minimum Gasteiger partial charge on any atom is -0.342 e. The average molecular weight is 353 g/mol. The van der Waals surface area contributed by atoms with E-state index in [0.29, 0.717) is 13.1 Å². The fraction of sp³-hybridized carbons (Fsp3) is 0.462. The van der Waals surface area contributed by atoms with Crippen LogP contribution in [-0.4, -0.2) is 38.4 Å². The third kappa shape index (κ3) is 4.57. The topological polar surface area (TPSA) is 66.5 Å². The SMILES string of the molecule is CCN(CC)C(=O)C(C)NS(=O)(=O)c1cc(Cl)ccc1Cl. The highest BCUT2D eigenvalue weighted by Crippen LogP contribution is 2.25. The first-order valence-electron chi connectivity index (χ1n) is 6.49. The second-order valence-corrected chi connectivity index (χ2v) is 6.95. The smallest absolute Gasteiger partial charge is 0.242 e. The maximum Gasteiger partial charge on any atom is 0.242 e. The number of likely N-dealkylation sites (N-methyl/N-ethyl adjacent to an activating group) is 1. The summed E-state index contributed by atoms with van der Waals surface area (Å²) in [6, 6.07) is 3.26. The number of rotatable bonds is 6. The van der Waals surface area contributed by atoms with Gasteiger partial charge in [-0.2, -0.15) is 4.72 Å². The molecule has 1 rings (SSSR count). The van der Waals surface area contributed by atoms with E-state index in [1.165, 1.54) is 25.1 Å². The number of sulfonamides is 1. The molecule has 118 valence electrons. The van der Waals surface area contributed by atoms with Gasteiger partial charge in [0.05, 0.1) is 11.1 Å². The molecule has 0 heterocycles. The number of carbonyl (C=O) groups is 1. The fourth-order valence-electron chi connectivity index (χ4n) is 1.84. The molecule has 0 aliphatic rings. The van der Waals surface area contributed by atoms with Gasteiger partial charge in [-0.05, 0) is 39.0 Å². The predicted molar refractivity (Wildman–Crippen MR) is 84.2 cm³/mol. The molecule has 0 saturated heterocycles. The number of nitrogens with one attached hydrogen (secondary N) is 1. The van der Waals surface area contributed by atoms with Gasteiger partial charge >= 0.3 is 0 Å². The summed E-state index contributed by atoms with van der Waals surface area (Å²) >= 11 is 11.7. The number of nitrogens with zero attached hydrogens (tertiary/aromatic N) is 1. The van der Waals surface area contributed by atoms with Gasteiger partial charge in [-0.25, -0.2) is 8.42 Å². The van der Waals surface area contributed by atoms with Crippen molar-refractivity contribution in [2.45, 2.75) is 31.7 Å². The lowest BCUT2D eigenvalue weighted by atomic mass is 10.3. The lowest BCUT2D eigenvalue weighted by molar-refractivity contribution is -0.132. The van der Waals surface area contributed by atoms with E-state index in [1.54, 1.807) is 4.90 Å². The van der Waals surface area contributed by atoms with Crippen molar-refractivity contribution < 1.29 is 13.2 Å². The van der Waals surface area contributed by atoms with Crippen molar-refractivity contribution in [1.82, 2.24) is 9.62 Å². The van der Waals surface area contributed by atoms with Crippen LogP contribution in [0.5, 0.6) is 0 Å². The van der Waals surface area contributed by atoms with E-state index < -0.39 is 16.1 Å². The van der Waals surface area contributed by atoms with Gasteiger partial charge in [0, 0.05) is 18.1 Å². The number of benzene rings is 1. The molecule has 1 amide bonds. The number of hydrogen-bond acceptors (Lipinski definition) is 3.